The van der Waals surface area contributed by atoms with E-state index in [9.17, 15) is 14.2 Å². The van der Waals surface area contributed by atoms with Crippen molar-refractivity contribution < 1.29 is 13.7 Å². The van der Waals surface area contributed by atoms with Crippen molar-refractivity contribution in [2.75, 3.05) is 13.3 Å². The third kappa shape index (κ3) is 5.44. The molecule has 0 bridgehead atoms. The Morgan fingerprint density at radius 3 is 2.46 bits per heavy atom. The first-order valence-corrected chi connectivity index (χ1v) is 15.1. The molecule has 1 fully saturated rings. The number of aromatic nitrogens is 2. The van der Waals surface area contributed by atoms with Gasteiger partial charge in [0.25, 0.3) is 5.56 Å². The molecule has 1 saturated heterocycles. The highest BCUT2D eigenvalue weighted by Crippen LogP contribution is 2.43. The summed E-state index contributed by atoms with van der Waals surface area (Å²) in [6, 6.07) is 0. The fraction of sp³-hybridized carbons (Fsp3) is 0.684. The third-order valence-corrected chi connectivity index (χ3v) is 10.8. The van der Waals surface area contributed by atoms with Crippen LogP contribution in [-0.4, -0.2) is 43.4 Å². The van der Waals surface area contributed by atoms with Crippen LogP contribution in [0.3, 0.4) is 0 Å². The van der Waals surface area contributed by atoms with Gasteiger partial charge in [0.15, 0.2) is 14.5 Å². The molecule has 2 heterocycles. The molecule has 0 aromatic carbocycles. The van der Waals surface area contributed by atoms with Crippen LogP contribution in [0.1, 0.15) is 39.0 Å². The van der Waals surface area contributed by atoms with Crippen molar-refractivity contribution in [2.45, 2.75) is 70.7 Å². The van der Waals surface area contributed by atoms with E-state index in [0.717, 1.165) is 0 Å². The highest BCUT2D eigenvalue weighted by molar-refractivity contribution is 7.65. The summed E-state index contributed by atoms with van der Waals surface area (Å²) in [6.45, 7) is 15.8. The minimum absolute atomic E-state index is 0.000104. The van der Waals surface area contributed by atoms with Crippen molar-refractivity contribution in [1.29, 1.82) is 0 Å². The first-order chi connectivity index (χ1) is 12.6. The lowest BCUT2D eigenvalue weighted by molar-refractivity contribution is -0.0240. The molecule has 0 unspecified atom stereocenters. The van der Waals surface area contributed by atoms with E-state index in [1.807, 2.05) is 0 Å². The van der Waals surface area contributed by atoms with E-state index < -0.39 is 32.9 Å². The Labute approximate surface area is 167 Å². The van der Waals surface area contributed by atoms with E-state index in [2.05, 4.69) is 38.8 Å². The van der Waals surface area contributed by atoms with Gasteiger partial charge in [-0.2, -0.15) is 0 Å². The van der Waals surface area contributed by atoms with Crippen LogP contribution in [0.4, 0.5) is 0 Å². The lowest BCUT2D eigenvalue weighted by Gasteiger charge is -2.39. The normalized spacial score (nSPS) is 24.2. The molecular weight excluding hydrogens is 395 g/mol. The number of rotatable bonds is 5. The van der Waals surface area contributed by atoms with Crippen LogP contribution in [0.15, 0.2) is 27.7 Å². The molecule has 1 aliphatic heterocycles. The standard InChI is InChI=1S/C19H33N2O5PSi/c1-13-12-21(18(23)20-16(13)22)17-15(26-28(7,8)19(2,3)4)11-14(25-17)9-10-27(5,6)24/h9-10,12,14-15,17H,11H2,1-8H3,(H,20,22,23)/b10-9+/t14-,15+,17-/m1/s1. The number of aromatic amines is 1. The van der Waals surface area contributed by atoms with Crippen LogP contribution in [0.5, 0.6) is 0 Å². The van der Waals surface area contributed by atoms with Crippen LogP contribution in [0.2, 0.25) is 18.1 Å². The molecule has 2 rings (SSSR count). The summed E-state index contributed by atoms with van der Waals surface area (Å²) >= 11 is 0. The summed E-state index contributed by atoms with van der Waals surface area (Å²) in [5.41, 5.74) is -0.499. The number of ether oxygens (including phenoxy) is 1. The van der Waals surface area contributed by atoms with Gasteiger partial charge in [0.05, 0.1) is 12.2 Å². The molecule has 28 heavy (non-hydrogen) atoms. The van der Waals surface area contributed by atoms with Gasteiger partial charge in [-0.25, -0.2) is 4.79 Å². The minimum Gasteiger partial charge on any atom is -0.409 e. The quantitative estimate of drug-likeness (QED) is 0.571. The van der Waals surface area contributed by atoms with Crippen molar-refractivity contribution in [2.24, 2.45) is 0 Å². The molecule has 0 amide bonds. The van der Waals surface area contributed by atoms with Crippen LogP contribution < -0.4 is 11.2 Å². The predicted molar refractivity (Wildman–Crippen MR) is 115 cm³/mol. The van der Waals surface area contributed by atoms with Crippen LogP contribution in [0, 0.1) is 6.92 Å². The summed E-state index contributed by atoms with van der Waals surface area (Å²) in [6.07, 6.45) is 2.56. The molecule has 1 aromatic heterocycles. The molecule has 7 nitrogen and oxygen atoms in total. The largest absolute Gasteiger partial charge is 0.409 e. The van der Waals surface area contributed by atoms with Gasteiger partial charge < -0.3 is 13.7 Å². The molecule has 1 N–H and O–H groups in total. The Bertz CT molecular complexity index is 906. The molecule has 0 radical (unpaired) electrons. The van der Waals surface area contributed by atoms with Crippen molar-refractivity contribution in [3.8, 4) is 0 Å². The maximum Gasteiger partial charge on any atom is 0.330 e. The summed E-state index contributed by atoms with van der Waals surface area (Å²) in [7, 11) is -4.45. The highest BCUT2D eigenvalue weighted by Gasteiger charge is 2.45. The van der Waals surface area contributed by atoms with E-state index in [0.29, 0.717) is 12.0 Å². The lowest BCUT2D eigenvalue weighted by Crippen LogP contribution is -2.46. The molecule has 3 atom stereocenters. The van der Waals surface area contributed by atoms with Gasteiger partial charge in [-0.3, -0.25) is 14.3 Å². The molecule has 0 saturated carbocycles. The van der Waals surface area contributed by atoms with Crippen molar-refractivity contribution >= 4 is 15.5 Å². The molecule has 1 aliphatic rings. The van der Waals surface area contributed by atoms with Crippen LogP contribution in [-0.2, 0) is 13.7 Å². The SMILES string of the molecule is Cc1cn([C@@H]2O[C@H](/C=C/P(C)(C)=O)C[C@@H]2O[Si](C)(C)C(C)(C)C)c(=O)[nH]c1=O. The lowest BCUT2D eigenvalue weighted by atomic mass is 10.2. The maximum atomic E-state index is 12.4. The second-order valence-electron chi connectivity index (χ2n) is 9.47. The minimum atomic E-state index is -2.33. The first kappa shape index (κ1) is 23.1. The molecule has 158 valence electrons. The Kier molecular flexibility index (Phi) is 6.51. The van der Waals surface area contributed by atoms with Gasteiger partial charge in [0.2, 0.25) is 0 Å². The van der Waals surface area contributed by atoms with Crippen molar-refractivity contribution in [1.82, 2.24) is 9.55 Å². The number of aryl methyl sites for hydroxylation is 1. The van der Waals surface area contributed by atoms with Crippen molar-refractivity contribution in [3.63, 3.8) is 0 Å². The topological polar surface area (TPSA) is 90.4 Å². The molecular formula is C19H33N2O5PSi. The van der Waals surface area contributed by atoms with E-state index in [1.165, 1.54) is 10.8 Å². The second kappa shape index (κ2) is 7.90. The van der Waals surface area contributed by atoms with Crippen molar-refractivity contribution in [3.05, 3.63) is 44.5 Å². The van der Waals surface area contributed by atoms with Gasteiger partial charge in [0, 0.05) is 18.2 Å². The molecule has 1 aromatic rings. The summed E-state index contributed by atoms with van der Waals surface area (Å²) in [4.78, 5) is 26.5. The highest BCUT2D eigenvalue weighted by atomic mass is 31.2. The van der Waals surface area contributed by atoms with Gasteiger partial charge in [-0.1, -0.05) is 26.8 Å². The summed E-state index contributed by atoms with van der Waals surface area (Å²) < 4.78 is 26.1. The zero-order valence-corrected chi connectivity index (χ0v) is 20.0. The summed E-state index contributed by atoms with van der Waals surface area (Å²) in [5.74, 6) is 1.68. The zero-order chi connectivity index (χ0) is 21.5. The smallest absolute Gasteiger partial charge is 0.330 e. The first-order valence-electron chi connectivity index (χ1n) is 9.50. The third-order valence-electron chi connectivity index (χ3n) is 5.43. The van der Waals surface area contributed by atoms with Gasteiger partial charge in [-0.15, -0.1) is 0 Å². The second-order valence-corrected chi connectivity index (χ2v) is 17.4. The van der Waals surface area contributed by atoms with Gasteiger partial charge in [-0.05, 0) is 44.2 Å². The number of hydrogen-bond donors (Lipinski definition) is 1. The fourth-order valence-electron chi connectivity index (χ4n) is 2.78. The summed E-state index contributed by atoms with van der Waals surface area (Å²) in [5, 5.41) is -0.000104. The van der Waals surface area contributed by atoms with E-state index in [1.54, 1.807) is 32.1 Å². The Morgan fingerprint density at radius 1 is 1.32 bits per heavy atom. The van der Waals surface area contributed by atoms with E-state index in [4.69, 9.17) is 9.16 Å². The Morgan fingerprint density at radius 2 is 1.93 bits per heavy atom. The van der Waals surface area contributed by atoms with Gasteiger partial charge >= 0.3 is 5.69 Å². The average molecular weight is 429 g/mol. The zero-order valence-electron chi connectivity index (χ0n) is 18.1. The number of nitrogens with one attached hydrogen (secondary N) is 1. The molecule has 0 spiro atoms. The Hall–Kier alpha value is -1.21. The van der Waals surface area contributed by atoms with Crippen LogP contribution in [0.25, 0.3) is 0 Å². The van der Waals surface area contributed by atoms with E-state index in [-0.39, 0.29) is 17.2 Å². The molecule has 0 aliphatic carbocycles. The number of H-pyrrole nitrogens is 1. The Balaban J connectivity index is 2.42. The van der Waals surface area contributed by atoms with E-state index >= 15 is 0 Å². The average Bonchev–Trinajstić information content (AvgIpc) is 2.89. The number of hydrogen-bond acceptors (Lipinski definition) is 5. The van der Waals surface area contributed by atoms with Crippen LogP contribution >= 0.6 is 7.14 Å². The monoisotopic (exact) mass is 428 g/mol. The molecule has 9 heteroatoms. The maximum absolute atomic E-state index is 12.4. The predicted octanol–water partition coefficient (Wildman–Crippen LogP) is 3.66. The van der Waals surface area contributed by atoms with Gasteiger partial charge in [0.1, 0.15) is 7.14 Å². The number of nitrogens with zero attached hydrogens (tertiary/aromatic N) is 1. The fourth-order valence-corrected chi connectivity index (χ4v) is 4.71.